The van der Waals surface area contributed by atoms with Crippen LogP contribution in [0.4, 0.5) is 17.6 Å². The lowest BCUT2D eigenvalue weighted by Gasteiger charge is -2.13. The number of aromatic nitrogens is 2. The highest BCUT2D eigenvalue weighted by atomic mass is 32.1. The van der Waals surface area contributed by atoms with Crippen molar-refractivity contribution in [1.29, 1.82) is 0 Å². The van der Waals surface area contributed by atoms with Crippen LogP contribution in [0.5, 0.6) is 0 Å². The van der Waals surface area contributed by atoms with E-state index < -0.39 is 46.8 Å². The summed E-state index contributed by atoms with van der Waals surface area (Å²) in [6, 6.07) is 0.134. The second-order valence-corrected chi connectivity index (χ2v) is 6.40. The maximum absolute atomic E-state index is 14.1. The average molecular weight is 404 g/mol. The van der Waals surface area contributed by atoms with Gasteiger partial charge in [-0.3, -0.25) is 4.79 Å². The van der Waals surface area contributed by atoms with Crippen LogP contribution in [-0.2, 0) is 33.7 Å². The number of aliphatic carboxylic acids is 1. The Morgan fingerprint density at radius 2 is 2.00 bits per heavy atom. The van der Waals surface area contributed by atoms with E-state index in [0.717, 1.165) is 0 Å². The Balaban J connectivity index is 1.96. The van der Waals surface area contributed by atoms with E-state index in [2.05, 4.69) is 9.72 Å². The molecule has 0 saturated carbocycles. The van der Waals surface area contributed by atoms with Crippen molar-refractivity contribution in [3.63, 3.8) is 0 Å². The molecule has 1 aliphatic heterocycles. The first-order valence-electron chi connectivity index (χ1n) is 7.69. The number of aromatic amines is 1. The summed E-state index contributed by atoms with van der Waals surface area (Å²) in [5, 5.41) is 9.07. The van der Waals surface area contributed by atoms with Crippen molar-refractivity contribution in [1.82, 2.24) is 9.55 Å². The van der Waals surface area contributed by atoms with Crippen molar-refractivity contribution in [2.24, 2.45) is 0 Å². The predicted molar refractivity (Wildman–Crippen MR) is 84.6 cm³/mol. The molecule has 0 fully saturated rings. The number of nitrogens with one attached hydrogen (secondary N) is 1. The topological polar surface area (TPSA) is 84.3 Å². The Hall–Kier alpha value is -2.69. The number of halogens is 4. The summed E-state index contributed by atoms with van der Waals surface area (Å²) in [6.07, 6.45) is -1.78. The van der Waals surface area contributed by atoms with E-state index in [-0.39, 0.29) is 36.7 Å². The lowest BCUT2D eigenvalue weighted by Crippen LogP contribution is -2.26. The number of carboxylic acid groups (broad SMARTS) is 1. The van der Waals surface area contributed by atoms with Gasteiger partial charge in [0.25, 0.3) is 6.47 Å². The number of carbonyl (C=O) groups is 2. The van der Waals surface area contributed by atoms with E-state index in [9.17, 15) is 27.2 Å². The number of imidazole rings is 1. The number of ether oxygens (including phenoxy) is 1. The Kier molecular flexibility index (Phi) is 5.05. The van der Waals surface area contributed by atoms with Gasteiger partial charge in [0, 0.05) is 41.9 Å². The van der Waals surface area contributed by atoms with Gasteiger partial charge in [0.1, 0.15) is 0 Å². The summed E-state index contributed by atoms with van der Waals surface area (Å²) in [7, 11) is 0. The third-order valence-electron chi connectivity index (χ3n) is 4.46. The molecule has 0 bridgehead atoms. The molecular formula is C16H12F4N2O4S. The Labute approximate surface area is 154 Å². The molecule has 0 saturated heterocycles. The highest BCUT2D eigenvalue weighted by molar-refractivity contribution is 7.71. The molecule has 3 rings (SSSR count). The molecule has 2 N–H and O–H groups in total. The zero-order chi connectivity index (χ0) is 19.9. The third-order valence-corrected chi connectivity index (χ3v) is 4.78. The SMILES string of the molecule is O=COC(Cc1[nH]c(=S)n2c1C[C@H](c1c(F)c(F)cc(F)c1F)C2)C(=O)O. The summed E-state index contributed by atoms with van der Waals surface area (Å²) in [5.41, 5.74) is -0.000800. The number of H-pyrrole nitrogens is 1. The molecule has 144 valence electrons. The standard InChI is InChI=1S/C16H12F4N2O4S/c17-7-2-8(18)14(20)12(13(7)19)6-1-10-9(21-16(27)22(10)4-6)3-11(15(24)25)26-5-23/h2,5-6,11H,1,3-4H2,(H,21,27)(H,24,25)/t6-,11?/m0/s1. The lowest BCUT2D eigenvalue weighted by atomic mass is 9.94. The molecule has 0 radical (unpaired) electrons. The summed E-state index contributed by atoms with van der Waals surface area (Å²) in [6.45, 7) is -0.0551. The monoisotopic (exact) mass is 404 g/mol. The van der Waals surface area contributed by atoms with Crippen LogP contribution in [0.15, 0.2) is 6.07 Å². The minimum atomic E-state index is -1.50. The molecule has 6 nitrogen and oxygen atoms in total. The van der Waals surface area contributed by atoms with Crippen LogP contribution >= 0.6 is 12.2 Å². The fraction of sp³-hybridized carbons (Fsp3) is 0.312. The van der Waals surface area contributed by atoms with E-state index in [1.807, 2.05) is 0 Å². The van der Waals surface area contributed by atoms with E-state index >= 15 is 0 Å². The number of carboxylic acids is 1. The first-order valence-corrected chi connectivity index (χ1v) is 8.10. The van der Waals surface area contributed by atoms with Gasteiger partial charge >= 0.3 is 5.97 Å². The number of hydrogen-bond donors (Lipinski definition) is 2. The molecule has 0 aliphatic carbocycles. The van der Waals surface area contributed by atoms with E-state index in [0.29, 0.717) is 11.4 Å². The molecule has 2 aromatic rings. The molecule has 11 heteroatoms. The average Bonchev–Trinajstić information content (AvgIpc) is 3.14. The van der Waals surface area contributed by atoms with Crippen molar-refractivity contribution < 1.29 is 37.0 Å². The normalized spacial score (nSPS) is 16.8. The number of carbonyl (C=O) groups excluding carboxylic acids is 1. The van der Waals surface area contributed by atoms with E-state index in [1.54, 1.807) is 0 Å². The largest absolute Gasteiger partial charge is 0.478 e. The van der Waals surface area contributed by atoms with Crippen molar-refractivity contribution in [2.45, 2.75) is 31.4 Å². The Bertz CT molecular complexity index is 962. The molecule has 1 aromatic carbocycles. The van der Waals surface area contributed by atoms with Crippen molar-refractivity contribution in [3.8, 4) is 0 Å². The molecule has 0 spiro atoms. The van der Waals surface area contributed by atoms with Crippen molar-refractivity contribution in [2.75, 3.05) is 0 Å². The zero-order valence-electron chi connectivity index (χ0n) is 13.5. The van der Waals surface area contributed by atoms with Crippen LogP contribution in [0.25, 0.3) is 0 Å². The van der Waals surface area contributed by atoms with Crippen LogP contribution in [0.2, 0.25) is 0 Å². The smallest absolute Gasteiger partial charge is 0.345 e. The van der Waals surface area contributed by atoms with Crippen LogP contribution in [0.1, 0.15) is 22.9 Å². The minimum absolute atomic E-state index is 0.00716. The number of hydrogen-bond acceptors (Lipinski definition) is 4. The van der Waals surface area contributed by atoms with Gasteiger partial charge in [0.05, 0.1) is 0 Å². The van der Waals surface area contributed by atoms with Gasteiger partial charge < -0.3 is 19.4 Å². The molecule has 1 aromatic heterocycles. The fourth-order valence-electron chi connectivity index (χ4n) is 3.26. The number of fused-ring (bicyclic) bond motifs is 1. The molecule has 2 atom stereocenters. The third kappa shape index (κ3) is 3.34. The second kappa shape index (κ2) is 7.14. The lowest BCUT2D eigenvalue weighted by molar-refractivity contribution is -0.156. The molecular weight excluding hydrogens is 392 g/mol. The maximum Gasteiger partial charge on any atom is 0.345 e. The minimum Gasteiger partial charge on any atom is -0.478 e. The summed E-state index contributed by atoms with van der Waals surface area (Å²) in [4.78, 5) is 24.4. The Morgan fingerprint density at radius 3 is 2.56 bits per heavy atom. The fourth-order valence-corrected chi connectivity index (χ4v) is 3.57. The van der Waals surface area contributed by atoms with Gasteiger partial charge in [0.15, 0.2) is 28.0 Å². The molecule has 0 amide bonds. The Morgan fingerprint density at radius 1 is 1.37 bits per heavy atom. The summed E-state index contributed by atoms with van der Waals surface area (Å²) >= 11 is 5.12. The van der Waals surface area contributed by atoms with Crippen LogP contribution in [-0.4, -0.2) is 33.2 Å². The van der Waals surface area contributed by atoms with Crippen molar-refractivity contribution in [3.05, 3.63) is 51.1 Å². The molecule has 1 unspecified atom stereocenters. The van der Waals surface area contributed by atoms with Gasteiger partial charge in [0.2, 0.25) is 6.10 Å². The highest BCUT2D eigenvalue weighted by Crippen LogP contribution is 2.36. The zero-order valence-corrected chi connectivity index (χ0v) is 14.3. The van der Waals surface area contributed by atoms with Gasteiger partial charge in [-0.2, -0.15) is 0 Å². The van der Waals surface area contributed by atoms with E-state index in [4.69, 9.17) is 17.3 Å². The first kappa shape index (κ1) is 19.1. The van der Waals surface area contributed by atoms with Crippen LogP contribution in [0.3, 0.4) is 0 Å². The van der Waals surface area contributed by atoms with Gasteiger partial charge in [-0.25, -0.2) is 22.4 Å². The molecule has 1 aliphatic rings. The second-order valence-electron chi connectivity index (χ2n) is 6.01. The molecule has 2 heterocycles. The van der Waals surface area contributed by atoms with E-state index in [1.165, 1.54) is 4.57 Å². The highest BCUT2D eigenvalue weighted by Gasteiger charge is 2.34. The number of nitrogens with zero attached hydrogens (tertiary/aromatic N) is 1. The quantitative estimate of drug-likeness (QED) is 0.335. The molecule has 27 heavy (non-hydrogen) atoms. The predicted octanol–water partition coefficient (Wildman–Crippen LogP) is 2.61. The summed E-state index contributed by atoms with van der Waals surface area (Å²) < 4.78 is 61.3. The summed E-state index contributed by atoms with van der Waals surface area (Å²) in [5.74, 6) is -8.29. The van der Waals surface area contributed by atoms with Crippen molar-refractivity contribution >= 4 is 24.7 Å². The van der Waals surface area contributed by atoms with Gasteiger partial charge in [-0.15, -0.1) is 0 Å². The van der Waals surface area contributed by atoms with Gasteiger partial charge in [-0.05, 0) is 18.6 Å². The number of rotatable bonds is 6. The first-order chi connectivity index (χ1) is 12.7. The van der Waals surface area contributed by atoms with Crippen LogP contribution < -0.4 is 0 Å². The maximum atomic E-state index is 14.1. The van der Waals surface area contributed by atoms with Crippen LogP contribution in [0, 0.1) is 28.0 Å². The number of benzene rings is 1. The van der Waals surface area contributed by atoms with Gasteiger partial charge in [-0.1, -0.05) is 0 Å².